The van der Waals surface area contributed by atoms with Crippen LogP contribution in [-0.4, -0.2) is 6.61 Å². The van der Waals surface area contributed by atoms with Gasteiger partial charge < -0.3 is 4.74 Å². The standard InChI is InChI=1S/C14H19IO/c1-4-6-7-16-14-9-12(11(3)5-2)8-13(15)10-14/h5,8-11H,2,4,6-7H2,1,3H3. The Morgan fingerprint density at radius 1 is 1.44 bits per heavy atom. The predicted octanol–water partition coefficient (Wildman–Crippen LogP) is 4.76. The molecule has 1 aromatic rings. The maximum atomic E-state index is 5.72. The van der Waals surface area contributed by atoms with Gasteiger partial charge in [-0.2, -0.15) is 0 Å². The molecule has 0 heterocycles. The molecule has 16 heavy (non-hydrogen) atoms. The van der Waals surface area contributed by atoms with E-state index in [4.69, 9.17) is 4.74 Å². The van der Waals surface area contributed by atoms with E-state index in [2.05, 4.69) is 61.2 Å². The van der Waals surface area contributed by atoms with Crippen LogP contribution in [0.3, 0.4) is 0 Å². The Labute approximate surface area is 112 Å². The van der Waals surface area contributed by atoms with Crippen molar-refractivity contribution >= 4 is 22.6 Å². The number of hydrogen-bond acceptors (Lipinski definition) is 1. The van der Waals surface area contributed by atoms with Crippen molar-refractivity contribution < 1.29 is 4.74 Å². The van der Waals surface area contributed by atoms with Gasteiger partial charge in [-0.25, -0.2) is 0 Å². The quantitative estimate of drug-likeness (QED) is 0.415. The molecule has 0 aliphatic rings. The molecule has 1 nitrogen and oxygen atoms in total. The van der Waals surface area contributed by atoms with E-state index in [1.165, 1.54) is 15.6 Å². The van der Waals surface area contributed by atoms with Gasteiger partial charge in [-0.1, -0.05) is 26.3 Å². The number of hydrogen-bond donors (Lipinski definition) is 0. The molecule has 1 atom stereocenters. The van der Waals surface area contributed by atoms with Gasteiger partial charge in [-0.15, -0.1) is 6.58 Å². The molecule has 0 amide bonds. The van der Waals surface area contributed by atoms with Crippen molar-refractivity contribution in [1.82, 2.24) is 0 Å². The van der Waals surface area contributed by atoms with Crippen molar-refractivity contribution in [3.05, 3.63) is 40.0 Å². The van der Waals surface area contributed by atoms with Crippen LogP contribution in [0.4, 0.5) is 0 Å². The highest BCUT2D eigenvalue weighted by atomic mass is 127. The number of rotatable bonds is 6. The molecule has 0 aliphatic heterocycles. The second kappa shape index (κ2) is 6.94. The van der Waals surface area contributed by atoms with Crippen LogP contribution < -0.4 is 4.74 Å². The van der Waals surface area contributed by atoms with Crippen molar-refractivity contribution in [3.8, 4) is 5.75 Å². The van der Waals surface area contributed by atoms with Gasteiger partial charge in [0.15, 0.2) is 0 Å². The van der Waals surface area contributed by atoms with Crippen LogP contribution in [0.25, 0.3) is 0 Å². The van der Waals surface area contributed by atoms with Crippen LogP contribution in [-0.2, 0) is 0 Å². The average Bonchev–Trinajstić information content (AvgIpc) is 2.27. The lowest BCUT2D eigenvalue weighted by Crippen LogP contribution is -1.98. The average molecular weight is 330 g/mol. The highest BCUT2D eigenvalue weighted by molar-refractivity contribution is 14.1. The second-order valence-electron chi connectivity index (χ2n) is 3.95. The molecule has 0 N–H and O–H groups in total. The molecule has 1 aromatic carbocycles. The maximum absolute atomic E-state index is 5.72. The number of halogens is 1. The SMILES string of the molecule is C=CC(C)c1cc(I)cc(OCCCC)c1. The third-order valence-electron chi connectivity index (χ3n) is 2.54. The van der Waals surface area contributed by atoms with Gasteiger partial charge in [0.1, 0.15) is 5.75 Å². The summed E-state index contributed by atoms with van der Waals surface area (Å²) in [4.78, 5) is 0. The fraction of sp³-hybridized carbons (Fsp3) is 0.429. The molecule has 0 radical (unpaired) electrons. The summed E-state index contributed by atoms with van der Waals surface area (Å²) in [5, 5.41) is 0. The van der Waals surface area contributed by atoms with E-state index in [9.17, 15) is 0 Å². The minimum atomic E-state index is 0.378. The predicted molar refractivity (Wildman–Crippen MR) is 78.2 cm³/mol. The van der Waals surface area contributed by atoms with Crippen LogP contribution in [0, 0.1) is 3.57 Å². The highest BCUT2D eigenvalue weighted by Gasteiger charge is 2.05. The van der Waals surface area contributed by atoms with Gasteiger partial charge in [-0.05, 0) is 58.7 Å². The van der Waals surface area contributed by atoms with Gasteiger partial charge in [0.25, 0.3) is 0 Å². The lowest BCUT2D eigenvalue weighted by Gasteiger charge is -2.11. The number of benzene rings is 1. The Morgan fingerprint density at radius 3 is 2.81 bits per heavy atom. The highest BCUT2D eigenvalue weighted by Crippen LogP contribution is 2.25. The Bertz CT molecular complexity index is 347. The summed E-state index contributed by atoms with van der Waals surface area (Å²) < 4.78 is 6.94. The molecular formula is C14H19IO. The van der Waals surface area contributed by atoms with Crippen molar-refractivity contribution in [3.63, 3.8) is 0 Å². The Morgan fingerprint density at radius 2 is 2.19 bits per heavy atom. The van der Waals surface area contributed by atoms with E-state index in [0.29, 0.717) is 5.92 Å². The number of unbranched alkanes of at least 4 members (excludes halogenated alkanes) is 1. The zero-order valence-electron chi connectivity index (χ0n) is 10.0. The summed E-state index contributed by atoms with van der Waals surface area (Å²) in [6, 6.07) is 6.37. The summed E-state index contributed by atoms with van der Waals surface area (Å²) in [7, 11) is 0. The molecule has 0 fully saturated rings. The zero-order chi connectivity index (χ0) is 12.0. The first kappa shape index (κ1) is 13.6. The van der Waals surface area contributed by atoms with E-state index < -0.39 is 0 Å². The van der Waals surface area contributed by atoms with Gasteiger partial charge in [-0.3, -0.25) is 0 Å². The molecular weight excluding hydrogens is 311 g/mol. The normalized spacial score (nSPS) is 12.2. The summed E-state index contributed by atoms with van der Waals surface area (Å²) in [5.41, 5.74) is 1.27. The molecule has 0 bridgehead atoms. The van der Waals surface area contributed by atoms with Crippen LogP contribution in [0.5, 0.6) is 5.75 Å². The Kier molecular flexibility index (Phi) is 5.88. The van der Waals surface area contributed by atoms with Crippen LogP contribution in [0.2, 0.25) is 0 Å². The molecule has 1 rings (SSSR count). The molecule has 0 saturated carbocycles. The summed E-state index contributed by atoms with van der Waals surface area (Å²) >= 11 is 2.33. The van der Waals surface area contributed by atoms with Crippen LogP contribution in [0.15, 0.2) is 30.9 Å². The first-order valence-electron chi connectivity index (χ1n) is 5.73. The van der Waals surface area contributed by atoms with Crippen LogP contribution in [0.1, 0.15) is 38.2 Å². The minimum Gasteiger partial charge on any atom is -0.494 e. The monoisotopic (exact) mass is 330 g/mol. The lowest BCUT2D eigenvalue weighted by atomic mass is 10.0. The summed E-state index contributed by atoms with van der Waals surface area (Å²) in [5.74, 6) is 1.35. The van der Waals surface area contributed by atoms with Gasteiger partial charge in [0.2, 0.25) is 0 Å². The molecule has 88 valence electrons. The van der Waals surface area contributed by atoms with Crippen molar-refractivity contribution in [1.29, 1.82) is 0 Å². The van der Waals surface area contributed by atoms with Crippen molar-refractivity contribution in [2.24, 2.45) is 0 Å². The second-order valence-corrected chi connectivity index (χ2v) is 5.19. The summed E-state index contributed by atoms with van der Waals surface area (Å²) in [6.07, 6.45) is 4.24. The molecule has 1 unspecified atom stereocenters. The third kappa shape index (κ3) is 4.16. The molecule has 2 heteroatoms. The van der Waals surface area contributed by atoms with Gasteiger partial charge in [0.05, 0.1) is 6.61 Å². The number of allylic oxidation sites excluding steroid dienone is 1. The van der Waals surface area contributed by atoms with Gasteiger partial charge >= 0.3 is 0 Å². The largest absolute Gasteiger partial charge is 0.494 e. The maximum Gasteiger partial charge on any atom is 0.120 e. The van der Waals surface area contributed by atoms with E-state index in [-0.39, 0.29) is 0 Å². The van der Waals surface area contributed by atoms with Crippen molar-refractivity contribution in [2.75, 3.05) is 6.61 Å². The lowest BCUT2D eigenvalue weighted by molar-refractivity contribution is 0.309. The van der Waals surface area contributed by atoms with E-state index in [1.807, 2.05) is 6.08 Å². The Hall–Kier alpha value is -0.510. The van der Waals surface area contributed by atoms with E-state index in [1.54, 1.807) is 0 Å². The zero-order valence-corrected chi connectivity index (χ0v) is 12.2. The minimum absolute atomic E-state index is 0.378. The van der Waals surface area contributed by atoms with E-state index >= 15 is 0 Å². The molecule has 0 aliphatic carbocycles. The first-order valence-corrected chi connectivity index (χ1v) is 6.81. The third-order valence-corrected chi connectivity index (χ3v) is 3.16. The fourth-order valence-corrected chi connectivity index (χ4v) is 2.07. The van der Waals surface area contributed by atoms with Crippen molar-refractivity contribution in [2.45, 2.75) is 32.6 Å². The smallest absolute Gasteiger partial charge is 0.120 e. The van der Waals surface area contributed by atoms with Gasteiger partial charge in [0, 0.05) is 3.57 Å². The fourth-order valence-electron chi connectivity index (χ4n) is 1.40. The first-order chi connectivity index (χ1) is 7.67. The topological polar surface area (TPSA) is 9.23 Å². The number of ether oxygens (including phenoxy) is 1. The molecule has 0 spiro atoms. The van der Waals surface area contributed by atoms with Crippen LogP contribution >= 0.6 is 22.6 Å². The molecule has 0 aromatic heterocycles. The van der Waals surface area contributed by atoms with E-state index in [0.717, 1.165) is 18.8 Å². The molecule has 0 saturated heterocycles. The summed E-state index contributed by atoms with van der Waals surface area (Å²) in [6.45, 7) is 8.95. The Balaban J connectivity index is 2.77.